The molecule has 0 aromatic carbocycles. The SMILES string of the molecule is C=C(F)C(=O)N1CCC(CN2CCC[C@@H](Nc3ncc(Cl)c(-c4c[nH]c5ncccc45)n3)C2)CC1. The monoisotopic (exact) mass is 497 g/mol. The molecule has 0 radical (unpaired) electrons. The van der Waals surface area contributed by atoms with Crippen LogP contribution in [0.3, 0.4) is 0 Å². The first-order chi connectivity index (χ1) is 17.0. The van der Waals surface area contributed by atoms with Gasteiger partial charge in [0, 0.05) is 55.6 Å². The molecule has 0 spiro atoms. The van der Waals surface area contributed by atoms with Crippen LogP contribution in [0.1, 0.15) is 25.7 Å². The van der Waals surface area contributed by atoms with E-state index in [1.807, 2.05) is 18.3 Å². The summed E-state index contributed by atoms with van der Waals surface area (Å²) >= 11 is 6.46. The molecule has 3 aromatic rings. The van der Waals surface area contributed by atoms with Crippen molar-refractivity contribution in [1.29, 1.82) is 0 Å². The third-order valence-corrected chi connectivity index (χ3v) is 7.22. The number of pyridine rings is 1. The molecule has 35 heavy (non-hydrogen) atoms. The molecule has 1 atom stereocenters. The predicted octanol–water partition coefficient (Wildman–Crippen LogP) is 4.27. The quantitative estimate of drug-likeness (QED) is 0.494. The minimum Gasteiger partial charge on any atom is -0.350 e. The molecular weight excluding hydrogens is 469 g/mol. The second-order valence-corrected chi connectivity index (χ2v) is 9.78. The van der Waals surface area contributed by atoms with Gasteiger partial charge in [-0.1, -0.05) is 18.2 Å². The normalized spacial score (nSPS) is 19.7. The lowest BCUT2D eigenvalue weighted by Gasteiger charge is -2.38. The number of carbonyl (C=O) groups is 1. The highest BCUT2D eigenvalue weighted by Crippen LogP contribution is 2.32. The molecule has 2 saturated heterocycles. The zero-order valence-electron chi connectivity index (χ0n) is 19.5. The molecule has 1 amide bonds. The Hall–Kier alpha value is -3.04. The Morgan fingerprint density at radius 3 is 2.89 bits per heavy atom. The minimum absolute atomic E-state index is 0.235. The number of H-pyrrole nitrogens is 1. The smallest absolute Gasteiger partial charge is 0.281 e. The highest BCUT2D eigenvalue weighted by atomic mass is 35.5. The van der Waals surface area contributed by atoms with Crippen LogP contribution in [0.15, 0.2) is 43.1 Å². The first-order valence-corrected chi connectivity index (χ1v) is 12.4. The van der Waals surface area contributed by atoms with Gasteiger partial charge in [0.25, 0.3) is 5.91 Å². The summed E-state index contributed by atoms with van der Waals surface area (Å²) in [6, 6.07) is 4.12. The van der Waals surface area contributed by atoms with Crippen molar-refractivity contribution < 1.29 is 9.18 Å². The maximum absolute atomic E-state index is 13.1. The lowest BCUT2D eigenvalue weighted by Crippen LogP contribution is -2.46. The number of carbonyl (C=O) groups excluding carboxylic acids is 1. The predicted molar refractivity (Wildman–Crippen MR) is 135 cm³/mol. The third-order valence-electron chi connectivity index (χ3n) is 6.94. The number of aromatic amines is 1. The van der Waals surface area contributed by atoms with Crippen molar-refractivity contribution in [3.63, 3.8) is 0 Å². The Kier molecular flexibility index (Phi) is 6.97. The second-order valence-electron chi connectivity index (χ2n) is 9.38. The summed E-state index contributed by atoms with van der Waals surface area (Å²) in [5.41, 5.74) is 2.36. The zero-order chi connectivity index (χ0) is 24.4. The number of amides is 1. The Balaban J connectivity index is 1.20. The van der Waals surface area contributed by atoms with E-state index in [0.717, 1.165) is 61.9 Å². The van der Waals surface area contributed by atoms with Crippen molar-refractivity contribution in [1.82, 2.24) is 29.7 Å². The first kappa shape index (κ1) is 23.7. The van der Waals surface area contributed by atoms with Crippen LogP contribution in [-0.2, 0) is 4.79 Å². The third kappa shape index (κ3) is 5.31. The van der Waals surface area contributed by atoms with Crippen LogP contribution < -0.4 is 5.32 Å². The Morgan fingerprint density at radius 2 is 2.09 bits per heavy atom. The number of piperidine rings is 2. The van der Waals surface area contributed by atoms with E-state index in [-0.39, 0.29) is 6.04 Å². The zero-order valence-corrected chi connectivity index (χ0v) is 20.3. The standard InChI is InChI=1S/C25H29ClFN7O/c1-16(27)24(35)34-10-6-17(7-11-34)14-33-9-3-4-18(15-33)31-25-30-13-21(26)22(32-25)20-12-29-23-19(20)5-2-8-28-23/h2,5,8,12-13,17-18H,1,3-4,6-7,9-11,14-15H2,(H,28,29)(H,30,31,32)/t18-/m1/s1. The van der Waals surface area contributed by atoms with Gasteiger partial charge in [-0.05, 0) is 50.3 Å². The number of hydrogen-bond donors (Lipinski definition) is 2. The number of nitrogens with one attached hydrogen (secondary N) is 2. The highest BCUT2D eigenvalue weighted by molar-refractivity contribution is 6.33. The van der Waals surface area contributed by atoms with Crippen molar-refractivity contribution in [3.8, 4) is 11.3 Å². The van der Waals surface area contributed by atoms with Crippen LogP contribution in [-0.4, -0.2) is 74.4 Å². The van der Waals surface area contributed by atoms with Crippen LogP contribution in [0.25, 0.3) is 22.3 Å². The van der Waals surface area contributed by atoms with E-state index in [4.69, 9.17) is 16.6 Å². The van der Waals surface area contributed by atoms with Crippen LogP contribution >= 0.6 is 11.6 Å². The number of fused-ring (bicyclic) bond motifs is 1. The number of likely N-dealkylation sites (tertiary alicyclic amines) is 2. The van der Waals surface area contributed by atoms with Gasteiger partial charge in [0.2, 0.25) is 5.95 Å². The fourth-order valence-electron chi connectivity index (χ4n) is 5.15. The van der Waals surface area contributed by atoms with Gasteiger partial charge in [-0.3, -0.25) is 4.79 Å². The summed E-state index contributed by atoms with van der Waals surface area (Å²) in [7, 11) is 0. The van der Waals surface area contributed by atoms with Gasteiger partial charge in [-0.25, -0.2) is 19.3 Å². The highest BCUT2D eigenvalue weighted by Gasteiger charge is 2.28. The molecule has 0 unspecified atom stereocenters. The maximum atomic E-state index is 13.1. The van der Waals surface area contributed by atoms with Crippen molar-refractivity contribution in [2.45, 2.75) is 31.7 Å². The van der Waals surface area contributed by atoms with Gasteiger partial charge in [0.1, 0.15) is 5.65 Å². The Morgan fingerprint density at radius 1 is 1.26 bits per heavy atom. The largest absolute Gasteiger partial charge is 0.350 e. The Bertz CT molecular complexity index is 1220. The van der Waals surface area contributed by atoms with E-state index in [1.165, 1.54) is 0 Å². The topological polar surface area (TPSA) is 90.0 Å². The van der Waals surface area contributed by atoms with E-state index < -0.39 is 11.7 Å². The molecular formula is C25H29ClFN7O. The fourth-order valence-corrected chi connectivity index (χ4v) is 5.35. The van der Waals surface area contributed by atoms with Crippen molar-refractivity contribution >= 4 is 34.5 Å². The van der Waals surface area contributed by atoms with Crippen LogP contribution in [0.4, 0.5) is 10.3 Å². The number of aromatic nitrogens is 4. The number of halogens is 2. The molecule has 2 fully saturated rings. The summed E-state index contributed by atoms with van der Waals surface area (Å²) in [6.07, 6.45) is 9.17. The fraction of sp³-hybridized carbons (Fsp3) is 0.440. The van der Waals surface area contributed by atoms with Gasteiger partial charge in [0.05, 0.1) is 16.9 Å². The molecule has 10 heteroatoms. The van der Waals surface area contributed by atoms with Crippen molar-refractivity contribution in [3.05, 3.63) is 48.2 Å². The minimum atomic E-state index is -0.873. The molecule has 2 N–H and O–H groups in total. The van der Waals surface area contributed by atoms with Gasteiger partial charge in [-0.2, -0.15) is 0 Å². The lowest BCUT2D eigenvalue weighted by molar-refractivity contribution is -0.130. The molecule has 2 aliphatic heterocycles. The molecule has 0 bridgehead atoms. The van der Waals surface area contributed by atoms with E-state index in [9.17, 15) is 9.18 Å². The lowest BCUT2D eigenvalue weighted by atomic mass is 9.94. The average Bonchev–Trinajstić information content (AvgIpc) is 3.29. The summed E-state index contributed by atoms with van der Waals surface area (Å²) in [6.45, 7) is 7.24. The maximum Gasteiger partial charge on any atom is 0.281 e. The number of anilines is 1. The molecule has 3 aromatic heterocycles. The van der Waals surface area contributed by atoms with E-state index in [2.05, 4.69) is 31.7 Å². The Labute approximate surface area is 208 Å². The van der Waals surface area contributed by atoms with Crippen LogP contribution in [0.5, 0.6) is 0 Å². The molecule has 184 valence electrons. The summed E-state index contributed by atoms with van der Waals surface area (Å²) in [5.74, 6) is -0.383. The number of hydrogen-bond acceptors (Lipinski definition) is 6. The van der Waals surface area contributed by atoms with Crippen LogP contribution in [0, 0.1) is 5.92 Å². The molecule has 2 aliphatic rings. The van der Waals surface area contributed by atoms with Gasteiger partial charge in [-0.15, -0.1) is 0 Å². The number of nitrogens with zero attached hydrogens (tertiary/aromatic N) is 5. The van der Waals surface area contributed by atoms with Crippen LogP contribution in [0.2, 0.25) is 5.02 Å². The average molecular weight is 498 g/mol. The van der Waals surface area contributed by atoms with Crippen molar-refractivity contribution in [2.24, 2.45) is 5.92 Å². The van der Waals surface area contributed by atoms with E-state index >= 15 is 0 Å². The summed E-state index contributed by atoms with van der Waals surface area (Å²) in [4.78, 5) is 32.5. The summed E-state index contributed by atoms with van der Waals surface area (Å²) in [5, 5.41) is 4.96. The molecule has 8 nitrogen and oxygen atoms in total. The number of rotatable bonds is 6. The molecule has 5 heterocycles. The van der Waals surface area contributed by atoms with Crippen molar-refractivity contribution in [2.75, 3.05) is 38.0 Å². The van der Waals surface area contributed by atoms with E-state index in [1.54, 1.807) is 17.3 Å². The second kappa shape index (κ2) is 10.3. The van der Waals surface area contributed by atoms with Gasteiger partial charge in [0.15, 0.2) is 5.83 Å². The molecule has 0 saturated carbocycles. The molecule has 0 aliphatic carbocycles. The van der Waals surface area contributed by atoms with E-state index in [0.29, 0.717) is 35.7 Å². The summed E-state index contributed by atoms with van der Waals surface area (Å²) < 4.78 is 13.1. The molecule has 5 rings (SSSR count). The van der Waals surface area contributed by atoms with Gasteiger partial charge >= 0.3 is 0 Å². The first-order valence-electron chi connectivity index (χ1n) is 12.1. The van der Waals surface area contributed by atoms with Gasteiger partial charge < -0.3 is 20.1 Å².